The van der Waals surface area contributed by atoms with E-state index in [0.717, 1.165) is 48.0 Å². The molecule has 3 aromatic rings. The molecule has 0 amide bonds. The fourth-order valence-electron chi connectivity index (χ4n) is 6.45. The summed E-state index contributed by atoms with van der Waals surface area (Å²) in [6, 6.07) is 23.8. The van der Waals surface area contributed by atoms with E-state index in [9.17, 15) is 14.7 Å². The van der Waals surface area contributed by atoms with Crippen molar-refractivity contribution in [3.63, 3.8) is 0 Å². The predicted octanol–water partition coefficient (Wildman–Crippen LogP) is 8.68. The van der Waals surface area contributed by atoms with Crippen LogP contribution in [0.15, 0.2) is 115 Å². The fourth-order valence-corrected chi connectivity index (χ4v) is 6.45. The number of ether oxygens (including phenoxy) is 3. The molecule has 1 saturated heterocycles. The summed E-state index contributed by atoms with van der Waals surface area (Å²) >= 11 is 0. The van der Waals surface area contributed by atoms with Crippen LogP contribution in [0.1, 0.15) is 53.0 Å². The van der Waals surface area contributed by atoms with Crippen molar-refractivity contribution in [1.29, 1.82) is 0 Å². The SMILES string of the molecule is C=C(C)C(=O)Oc1ccc([N+](=C2C=CC(C3C(=O)C(c4ccc(N(c5ccc(OCC6CO6)cc5)C(C)CC)cc4)=C3O)C=C2)C(C)CC)cc1. The Labute approximate surface area is 300 Å². The number of carbonyl (C=O) groups excluding carboxylic acids is 2. The van der Waals surface area contributed by atoms with Crippen LogP contribution in [0, 0.1) is 11.8 Å². The normalized spacial score (nSPS) is 20.4. The van der Waals surface area contributed by atoms with E-state index < -0.39 is 11.9 Å². The van der Waals surface area contributed by atoms with Gasteiger partial charge < -0.3 is 24.2 Å². The first-order chi connectivity index (χ1) is 24.6. The number of anilines is 2. The van der Waals surface area contributed by atoms with Crippen LogP contribution in [0.4, 0.5) is 17.1 Å². The highest BCUT2D eigenvalue weighted by molar-refractivity contribution is 6.30. The molecule has 6 rings (SSSR count). The number of benzene rings is 3. The summed E-state index contributed by atoms with van der Waals surface area (Å²) in [6.07, 6.45) is 10.1. The van der Waals surface area contributed by atoms with Crippen LogP contribution in [0.25, 0.3) is 5.57 Å². The van der Waals surface area contributed by atoms with Crippen molar-refractivity contribution in [2.24, 2.45) is 11.8 Å². The number of esters is 1. The van der Waals surface area contributed by atoms with Crippen molar-refractivity contribution < 1.29 is 33.5 Å². The number of allylic oxidation sites excluding steroid dienone is 6. The molecule has 3 aliphatic rings. The monoisotopic (exact) mass is 687 g/mol. The molecule has 8 nitrogen and oxygen atoms in total. The Bertz CT molecular complexity index is 1880. The third-order valence-corrected chi connectivity index (χ3v) is 9.85. The highest BCUT2D eigenvalue weighted by Crippen LogP contribution is 2.43. The number of ketones is 1. The van der Waals surface area contributed by atoms with Gasteiger partial charge in [0.1, 0.15) is 30.0 Å². The predicted molar refractivity (Wildman–Crippen MR) is 201 cm³/mol. The van der Waals surface area contributed by atoms with Gasteiger partial charge in [-0.15, -0.1) is 0 Å². The van der Waals surface area contributed by atoms with Crippen molar-refractivity contribution in [2.75, 3.05) is 18.1 Å². The molecular weight excluding hydrogens is 640 g/mol. The summed E-state index contributed by atoms with van der Waals surface area (Å²) in [4.78, 5) is 27.8. The van der Waals surface area contributed by atoms with E-state index in [-0.39, 0.29) is 35.6 Å². The molecule has 4 atom stereocenters. The van der Waals surface area contributed by atoms with E-state index in [0.29, 0.717) is 29.1 Å². The number of epoxide rings is 1. The molecule has 264 valence electrons. The lowest BCUT2D eigenvalue weighted by atomic mass is 9.71. The zero-order chi connectivity index (χ0) is 36.2. The highest BCUT2D eigenvalue weighted by atomic mass is 16.6. The van der Waals surface area contributed by atoms with Crippen LogP contribution >= 0.6 is 0 Å². The van der Waals surface area contributed by atoms with Crippen LogP contribution in [-0.4, -0.2) is 58.5 Å². The van der Waals surface area contributed by atoms with E-state index in [1.54, 1.807) is 19.1 Å². The third-order valence-electron chi connectivity index (χ3n) is 9.85. The summed E-state index contributed by atoms with van der Waals surface area (Å²) in [5.41, 5.74) is 5.41. The van der Waals surface area contributed by atoms with Gasteiger partial charge in [-0.2, -0.15) is 4.58 Å². The molecule has 0 saturated carbocycles. The number of Topliss-reactive ketones (excluding diaryl/α,β-unsaturated/α-hetero) is 1. The zero-order valence-electron chi connectivity index (χ0n) is 30.0. The smallest absolute Gasteiger partial charge is 0.338 e. The third kappa shape index (κ3) is 7.76. The number of aliphatic hydroxyl groups is 1. The van der Waals surface area contributed by atoms with Gasteiger partial charge in [-0.1, -0.05) is 44.7 Å². The van der Waals surface area contributed by atoms with E-state index in [1.807, 2.05) is 72.8 Å². The molecule has 0 radical (unpaired) electrons. The highest BCUT2D eigenvalue weighted by Gasteiger charge is 2.44. The molecule has 8 heteroatoms. The van der Waals surface area contributed by atoms with Gasteiger partial charge in [0.05, 0.1) is 18.1 Å². The zero-order valence-corrected chi connectivity index (χ0v) is 30.0. The molecule has 51 heavy (non-hydrogen) atoms. The van der Waals surface area contributed by atoms with Gasteiger partial charge in [0.2, 0.25) is 11.4 Å². The number of nitrogens with zero attached hydrogens (tertiary/aromatic N) is 2. The minimum Gasteiger partial charge on any atom is -0.511 e. The second-order valence-corrected chi connectivity index (χ2v) is 13.5. The molecule has 1 aliphatic heterocycles. The maximum absolute atomic E-state index is 13.6. The summed E-state index contributed by atoms with van der Waals surface area (Å²) < 4.78 is 18.7. The van der Waals surface area contributed by atoms with Gasteiger partial charge >= 0.3 is 5.97 Å². The minimum absolute atomic E-state index is 0.0624. The Balaban J connectivity index is 1.17. The van der Waals surface area contributed by atoms with Crippen molar-refractivity contribution in [2.45, 2.75) is 65.6 Å². The Morgan fingerprint density at radius 3 is 2.06 bits per heavy atom. The van der Waals surface area contributed by atoms with Crippen LogP contribution < -0.4 is 14.4 Å². The number of hydrogen-bond acceptors (Lipinski definition) is 7. The average Bonchev–Trinajstić information content (AvgIpc) is 3.98. The lowest BCUT2D eigenvalue weighted by Crippen LogP contribution is -2.36. The molecule has 0 spiro atoms. The van der Waals surface area contributed by atoms with Crippen LogP contribution in [-0.2, 0) is 14.3 Å². The standard InChI is InChI=1S/C43H46N2O6/c1-7-28(5)44(34-17-21-36(22-18-34)49-25-38-26-50-38)32-13-9-30(10-14-32)39-41(46)40(42(39)47)31-11-15-33(16-12-31)45(29(6)8-2)35-19-23-37(24-20-35)51-43(48)27(3)4/h9-24,28-29,31,38,40H,3,7-8,25-26H2,1-2,4-6H3/p+1. The number of rotatable bonds is 14. The molecule has 0 aromatic heterocycles. The van der Waals surface area contributed by atoms with Crippen molar-refractivity contribution >= 4 is 40.1 Å². The van der Waals surface area contributed by atoms with Gasteiger partial charge in [-0.3, -0.25) is 4.79 Å². The Morgan fingerprint density at radius 2 is 1.53 bits per heavy atom. The van der Waals surface area contributed by atoms with Crippen molar-refractivity contribution in [3.05, 3.63) is 121 Å². The summed E-state index contributed by atoms with van der Waals surface area (Å²) in [6.45, 7) is 15.2. The maximum Gasteiger partial charge on any atom is 0.338 e. The average molecular weight is 688 g/mol. The molecule has 1 fully saturated rings. The molecule has 1 N–H and O–H groups in total. The minimum atomic E-state index is -0.614. The Hall–Kier alpha value is -5.21. The molecule has 1 heterocycles. The van der Waals surface area contributed by atoms with Crippen LogP contribution in [0.5, 0.6) is 11.5 Å². The van der Waals surface area contributed by atoms with E-state index in [1.165, 1.54) is 0 Å². The molecule has 3 aromatic carbocycles. The second kappa shape index (κ2) is 15.4. The van der Waals surface area contributed by atoms with Crippen LogP contribution in [0.3, 0.4) is 0 Å². The molecule has 4 unspecified atom stereocenters. The first kappa shape index (κ1) is 35.6. The van der Waals surface area contributed by atoms with Gasteiger partial charge in [-0.25, -0.2) is 4.79 Å². The number of carbonyl (C=O) groups is 2. The topological polar surface area (TPSA) is 91.6 Å². The lowest BCUT2D eigenvalue weighted by Gasteiger charge is -2.33. The van der Waals surface area contributed by atoms with Crippen molar-refractivity contribution in [3.8, 4) is 11.5 Å². The first-order valence-corrected chi connectivity index (χ1v) is 17.8. The van der Waals surface area contributed by atoms with Gasteiger partial charge in [0.15, 0.2) is 11.8 Å². The summed E-state index contributed by atoms with van der Waals surface area (Å²) in [5, 5.41) is 11.2. The van der Waals surface area contributed by atoms with E-state index in [4.69, 9.17) is 14.2 Å². The van der Waals surface area contributed by atoms with Gasteiger partial charge in [-0.05, 0) is 81.3 Å². The lowest BCUT2D eigenvalue weighted by molar-refractivity contribution is -0.479. The molecular formula is C43H47N2O6+. The van der Waals surface area contributed by atoms with E-state index >= 15 is 0 Å². The quantitative estimate of drug-likeness (QED) is 0.0596. The fraction of sp³-hybridized carbons (Fsp3) is 0.326. The van der Waals surface area contributed by atoms with E-state index in [2.05, 4.69) is 55.9 Å². The Morgan fingerprint density at radius 1 is 0.941 bits per heavy atom. The number of hydrogen-bond donors (Lipinski definition) is 1. The first-order valence-electron chi connectivity index (χ1n) is 17.8. The van der Waals surface area contributed by atoms with Gasteiger partial charge in [0.25, 0.3) is 0 Å². The number of aliphatic hydroxyl groups excluding tert-OH is 1. The molecule has 0 bridgehead atoms. The summed E-state index contributed by atoms with van der Waals surface area (Å²) in [7, 11) is 0. The molecule has 2 aliphatic carbocycles. The summed E-state index contributed by atoms with van der Waals surface area (Å²) in [5.74, 6) is 0.00541. The van der Waals surface area contributed by atoms with Crippen LogP contribution in [0.2, 0.25) is 0 Å². The second-order valence-electron chi connectivity index (χ2n) is 13.5. The van der Waals surface area contributed by atoms with Gasteiger partial charge in [0, 0.05) is 59.6 Å². The van der Waals surface area contributed by atoms with Crippen molar-refractivity contribution in [1.82, 2.24) is 0 Å². The maximum atomic E-state index is 13.6. The Kier molecular flexibility index (Phi) is 10.7. The largest absolute Gasteiger partial charge is 0.511 e.